The Balaban J connectivity index is 1.34. The van der Waals surface area contributed by atoms with Gasteiger partial charge in [0.25, 0.3) is 0 Å². The van der Waals surface area contributed by atoms with Crippen molar-refractivity contribution in [3.8, 4) is 5.75 Å². The Kier molecular flexibility index (Phi) is 6.81. The monoisotopic (exact) mass is 454 g/mol. The number of nitrogens with zero attached hydrogens (tertiary/aromatic N) is 6. The van der Waals surface area contributed by atoms with Gasteiger partial charge >= 0.3 is 0 Å². The van der Waals surface area contributed by atoms with Crippen LogP contribution >= 0.6 is 0 Å². The van der Waals surface area contributed by atoms with Crippen LogP contribution in [0.4, 0.5) is 5.69 Å². The van der Waals surface area contributed by atoms with Gasteiger partial charge < -0.3 is 9.64 Å². The number of benzene rings is 3. The van der Waals surface area contributed by atoms with Crippen LogP contribution in [0, 0.1) is 0 Å². The molecular formula is C27H30N6O. The summed E-state index contributed by atoms with van der Waals surface area (Å²) < 4.78 is 7.28. The molecule has 34 heavy (non-hydrogen) atoms. The zero-order valence-electron chi connectivity index (χ0n) is 19.5. The number of tetrazole rings is 1. The molecule has 4 aromatic rings. The number of hydrogen-bond donors (Lipinski definition) is 0. The number of anilines is 1. The van der Waals surface area contributed by atoms with Gasteiger partial charge in [0.1, 0.15) is 5.75 Å². The number of rotatable bonds is 8. The lowest BCUT2D eigenvalue weighted by molar-refractivity contribution is 0.200. The van der Waals surface area contributed by atoms with Crippen LogP contribution in [0.1, 0.15) is 23.0 Å². The second kappa shape index (κ2) is 10.5. The van der Waals surface area contributed by atoms with Gasteiger partial charge in [-0.2, -0.15) is 0 Å². The maximum Gasteiger partial charge on any atom is 0.173 e. The average molecular weight is 455 g/mol. The molecule has 174 valence electrons. The second-order valence-electron chi connectivity index (χ2n) is 8.53. The van der Waals surface area contributed by atoms with Crippen molar-refractivity contribution in [3.05, 3.63) is 102 Å². The first-order chi connectivity index (χ1) is 16.8. The zero-order chi connectivity index (χ0) is 23.2. The van der Waals surface area contributed by atoms with Crippen molar-refractivity contribution in [2.45, 2.75) is 19.0 Å². The van der Waals surface area contributed by atoms with E-state index >= 15 is 0 Å². The van der Waals surface area contributed by atoms with Crippen molar-refractivity contribution in [1.82, 2.24) is 25.1 Å². The number of aromatic nitrogens is 4. The number of aryl methyl sites for hydroxylation is 2. The number of hydrogen-bond acceptors (Lipinski definition) is 6. The van der Waals surface area contributed by atoms with Crippen molar-refractivity contribution < 1.29 is 4.74 Å². The third-order valence-electron chi connectivity index (χ3n) is 6.49. The van der Waals surface area contributed by atoms with Crippen molar-refractivity contribution in [1.29, 1.82) is 0 Å². The minimum Gasteiger partial charge on any atom is -0.497 e. The van der Waals surface area contributed by atoms with E-state index < -0.39 is 0 Å². The van der Waals surface area contributed by atoms with E-state index in [0.717, 1.165) is 50.7 Å². The van der Waals surface area contributed by atoms with Crippen molar-refractivity contribution in [2.24, 2.45) is 0 Å². The molecule has 2 heterocycles. The van der Waals surface area contributed by atoms with Gasteiger partial charge in [0.15, 0.2) is 5.82 Å². The fourth-order valence-electron chi connectivity index (χ4n) is 4.64. The van der Waals surface area contributed by atoms with Crippen LogP contribution in [0.3, 0.4) is 0 Å². The maximum absolute atomic E-state index is 5.31. The molecule has 0 radical (unpaired) electrons. The van der Waals surface area contributed by atoms with Gasteiger partial charge in [0.05, 0.1) is 13.2 Å². The van der Waals surface area contributed by atoms with Crippen LogP contribution in [0.25, 0.3) is 0 Å². The standard InChI is InChI=1S/C27H30N6O/c1-34-25-14-12-24(13-15-25)31-18-20-32(21-19-31)26(23-10-6-3-7-11-23)27-28-29-30-33(27)17-16-22-8-4-2-5-9-22/h2-15,26H,16-21H2,1H3. The lowest BCUT2D eigenvalue weighted by atomic mass is 10.0. The zero-order valence-corrected chi connectivity index (χ0v) is 19.5. The molecule has 1 fully saturated rings. The van der Waals surface area contributed by atoms with Gasteiger partial charge in [0, 0.05) is 38.4 Å². The third-order valence-corrected chi connectivity index (χ3v) is 6.49. The van der Waals surface area contributed by atoms with Crippen molar-refractivity contribution in [2.75, 3.05) is 38.2 Å². The Morgan fingerprint density at radius 1 is 0.824 bits per heavy atom. The van der Waals surface area contributed by atoms with E-state index in [9.17, 15) is 0 Å². The Labute approximate surface area is 200 Å². The highest BCUT2D eigenvalue weighted by atomic mass is 16.5. The minimum absolute atomic E-state index is 0.0185. The van der Waals surface area contributed by atoms with E-state index in [0.29, 0.717) is 0 Å². The highest BCUT2D eigenvalue weighted by Crippen LogP contribution is 2.29. The molecule has 1 aliphatic heterocycles. The summed E-state index contributed by atoms with van der Waals surface area (Å²) in [6, 6.07) is 29.4. The van der Waals surface area contributed by atoms with Crippen LogP contribution in [0.2, 0.25) is 0 Å². The Bertz CT molecular complexity index is 1150. The molecule has 5 rings (SSSR count). The molecule has 0 spiro atoms. The van der Waals surface area contributed by atoms with Gasteiger partial charge in [-0.25, -0.2) is 4.68 Å². The molecule has 1 unspecified atom stereocenters. The Morgan fingerprint density at radius 2 is 1.50 bits per heavy atom. The number of methoxy groups -OCH3 is 1. The summed E-state index contributed by atoms with van der Waals surface area (Å²) >= 11 is 0. The van der Waals surface area contributed by atoms with E-state index in [1.54, 1.807) is 7.11 Å². The predicted molar refractivity (Wildman–Crippen MR) is 133 cm³/mol. The molecule has 1 aromatic heterocycles. The first-order valence-electron chi connectivity index (χ1n) is 11.8. The summed E-state index contributed by atoms with van der Waals surface area (Å²) in [4.78, 5) is 4.93. The van der Waals surface area contributed by atoms with Crippen LogP contribution in [0.5, 0.6) is 5.75 Å². The molecule has 1 atom stereocenters. The summed E-state index contributed by atoms with van der Waals surface area (Å²) in [6.07, 6.45) is 0.894. The van der Waals surface area contributed by atoms with E-state index in [-0.39, 0.29) is 6.04 Å². The quantitative estimate of drug-likeness (QED) is 0.403. The molecular weight excluding hydrogens is 424 g/mol. The molecule has 3 aromatic carbocycles. The number of piperazine rings is 1. The van der Waals surface area contributed by atoms with Crippen LogP contribution < -0.4 is 9.64 Å². The third kappa shape index (κ3) is 4.94. The summed E-state index contributed by atoms with van der Waals surface area (Å²) in [5, 5.41) is 12.9. The molecule has 0 aliphatic carbocycles. The van der Waals surface area contributed by atoms with E-state index in [4.69, 9.17) is 4.74 Å². The summed E-state index contributed by atoms with van der Waals surface area (Å²) in [5.41, 5.74) is 3.73. The molecule has 7 heteroatoms. The molecule has 0 saturated carbocycles. The lowest BCUT2D eigenvalue weighted by Gasteiger charge is -2.40. The molecule has 0 N–H and O–H groups in total. The topological polar surface area (TPSA) is 59.3 Å². The van der Waals surface area contributed by atoms with Crippen molar-refractivity contribution in [3.63, 3.8) is 0 Å². The van der Waals surface area contributed by atoms with Gasteiger partial charge in [0.2, 0.25) is 0 Å². The first-order valence-corrected chi connectivity index (χ1v) is 11.8. The average Bonchev–Trinajstić information content (AvgIpc) is 3.37. The van der Waals surface area contributed by atoms with Gasteiger partial charge in [-0.05, 0) is 52.2 Å². The minimum atomic E-state index is 0.0185. The van der Waals surface area contributed by atoms with E-state index in [2.05, 4.69) is 92.1 Å². The summed E-state index contributed by atoms with van der Waals surface area (Å²) in [6.45, 7) is 4.50. The lowest BCUT2D eigenvalue weighted by Crippen LogP contribution is -2.48. The van der Waals surface area contributed by atoms with E-state index in [1.165, 1.54) is 16.8 Å². The van der Waals surface area contributed by atoms with Crippen LogP contribution in [-0.2, 0) is 13.0 Å². The first kappa shape index (κ1) is 22.1. The van der Waals surface area contributed by atoms with Crippen LogP contribution in [0.15, 0.2) is 84.9 Å². The molecule has 1 saturated heterocycles. The Morgan fingerprint density at radius 3 is 2.18 bits per heavy atom. The molecule has 0 bridgehead atoms. The second-order valence-corrected chi connectivity index (χ2v) is 8.53. The molecule has 0 amide bonds. The Hall–Kier alpha value is -3.71. The van der Waals surface area contributed by atoms with Gasteiger partial charge in [-0.3, -0.25) is 4.90 Å². The van der Waals surface area contributed by atoms with Gasteiger partial charge in [-0.1, -0.05) is 60.7 Å². The highest BCUT2D eigenvalue weighted by Gasteiger charge is 2.30. The highest BCUT2D eigenvalue weighted by molar-refractivity contribution is 5.49. The fraction of sp³-hybridized carbons (Fsp3) is 0.296. The van der Waals surface area contributed by atoms with Crippen molar-refractivity contribution >= 4 is 5.69 Å². The predicted octanol–water partition coefficient (Wildman–Crippen LogP) is 3.84. The molecule has 7 nitrogen and oxygen atoms in total. The SMILES string of the molecule is COc1ccc(N2CCN(C(c3ccccc3)c3nnnn3CCc3ccccc3)CC2)cc1. The van der Waals surface area contributed by atoms with Gasteiger partial charge in [-0.15, -0.1) is 5.10 Å². The molecule has 1 aliphatic rings. The van der Waals surface area contributed by atoms with Crippen LogP contribution in [-0.4, -0.2) is 58.4 Å². The normalized spacial score (nSPS) is 15.3. The number of ether oxygens (including phenoxy) is 1. The fourth-order valence-corrected chi connectivity index (χ4v) is 4.64. The largest absolute Gasteiger partial charge is 0.497 e. The summed E-state index contributed by atoms with van der Waals surface area (Å²) in [5.74, 6) is 1.79. The van der Waals surface area contributed by atoms with E-state index in [1.807, 2.05) is 22.9 Å². The smallest absolute Gasteiger partial charge is 0.173 e. The summed E-state index contributed by atoms with van der Waals surface area (Å²) in [7, 11) is 1.70. The maximum atomic E-state index is 5.31.